The Bertz CT molecular complexity index is 1800. The van der Waals surface area contributed by atoms with E-state index in [1.165, 1.54) is 27.4 Å². The molecule has 0 aliphatic carbocycles. The lowest BCUT2D eigenvalue weighted by atomic mass is 10.1. The maximum absolute atomic E-state index is 13.1. The SMILES string of the molecule is O=[N+]([O-])c1ccc(-c2cn3c(n2)sc2ccc4cn(S(=O)(=O)c5ccccc5)cc4c23)cc1. The molecule has 162 valence electrons. The van der Waals surface area contributed by atoms with Crippen LogP contribution in [0, 0.1) is 10.1 Å². The van der Waals surface area contributed by atoms with Crippen molar-refractivity contribution >= 4 is 53.0 Å². The van der Waals surface area contributed by atoms with Crippen molar-refractivity contribution in [1.29, 1.82) is 0 Å². The number of hydrogen-bond acceptors (Lipinski definition) is 6. The van der Waals surface area contributed by atoms with Crippen LogP contribution in [-0.2, 0) is 10.0 Å². The highest BCUT2D eigenvalue weighted by atomic mass is 32.2. The molecule has 0 saturated heterocycles. The number of thiazole rings is 1. The number of nitrogens with zero attached hydrogens (tertiary/aromatic N) is 4. The van der Waals surface area contributed by atoms with Crippen LogP contribution < -0.4 is 0 Å². The van der Waals surface area contributed by atoms with Gasteiger partial charge in [0.2, 0.25) is 0 Å². The summed E-state index contributed by atoms with van der Waals surface area (Å²) in [5, 5.41) is 12.5. The second kappa shape index (κ2) is 6.99. The van der Waals surface area contributed by atoms with Gasteiger partial charge in [-0.25, -0.2) is 17.4 Å². The maximum atomic E-state index is 13.1. The molecular weight excluding hydrogens is 460 g/mol. The zero-order valence-corrected chi connectivity index (χ0v) is 18.5. The van der Waals surface area contributed by atoms with E-state index in [1.54, 1.807) is 54.9 Å². The number of aromatic nitrogens is 3. The van der Waals surface area contributed by atoms with E-state index in [-0.39, 0.29) is 10.6 Å². The summed E-state index contributed by atoms with van der Waals surface area (Å²) in [6.45, 7) is 0. The van der Waals surface area contributed by atoms with Gasteiger partial charge in [-0.05, 0) is 30.3 Å². The zero-order valence-electron chi connectivity index (χ0n) is 16.8. The first-order chi connectivity index (χ1) is 15.9. The molecule has 6 rings (SSSR count). The average molecular weight is 475 g/mol. The highest BCUT2D eigenvalue weighted by Gasteiger charge is 2.19. The predicted octanol–water partition coefficient (Wildman–Crippen LogP) is 5.32. The number of imidazole rings is 1. The molecule has 0 aliphatic rings. The monoisotopic (exact) mass is 474 g/mol. The van der Waals surface area contributed by atoms with Gasteiger partial charge in [0.05, 0.1) is 25.7 Å². The van der Waals surface area contributed by atoms with Gasteiger partial charge in [0.15, 0.2) is 4.96 Å². The van der Waals surface area contributed by atoms with Gasteiger partial charge >= 0.3 is 0 Å². The zero-order chi connectivity index (χ0) is 22.7. The number of nitro groups is 1. The predicted molar refractivity (Wildman–Crippen MR) is 127 cm³/mol. The van der Waals surface area contributed by atoms with E-state index in [0.717, 1.165) is 31.5 Å². The number of benzene rings is 3. The van der Waals surface area contributed by atoms with Crippen LogP contribution in [0.3, 0.4) is 0 Å². The molecule has 3 aromatic heterocycles. The topological polar surface area (TPSA) is 99.5 Å². The Labute approximate surface area is 191 Å². The summed E-state index contributed by atoms with van der Waals surface area (Å²) in [5.41, 5.74) is 2.34. The van der Waals surface area contributed by atoms with Crippen molar-refractivity contribution in [3.8, 4) is 11.3 Å². The minimum atomic E-state index is -3.71. The van der Waals surface area contributed by atoms with Gasteiger partial charge in [0.25, 0.3) is 15.7 Å². The number of fused-ring (bicyclic) bond motifs is 5. The Balaban J connectivity index is 1.52. The van der Waals surface area contributed by atoms with Gasteiger partial charge in [-0.15, -0.1) is 0 Å². The molecule has 0 saturated carbocycles. The normalized spacial score (nSPS) is 12.1. The lowest BCUT2D eigenvalue weighted by Gasteiger charge is -2.04. The van der Waals surface area contributed by atoms with Crippen LogP contribution in [0.1, 0.15) is 0 Å². The molecule has 3 aromatic carbocycles. The van der Waals surface area contributed by atoms with E-state index in [4.69, 9.17) is 4.98 Å². The minimum Gasteiger partial charge on any atom is -0.289 e. The molecule has 0 bridgehead atoms. The van der Waals surface area contributed by atoms with Crippen LogP contribution in [0.25, 0.3) is 37.2 Å². The Morgan fingerprint density at radius 1 is 0.909 bits per heavy atom. The molecule has 0 radical (unpaired) electrons. The first kappa shape index (κ1) is 19.6. The van der Waals surface area contributed by atoms with Crippen LogP contribution in [0.5, 0.6) is 0 Å². The third-order valence-corrected chi connectivity index (χ3v) is 8.20. The van der Waals surface area contributed by atoms with Crippen molar-refractivity contribution in [3.63, 3.8) is 0 Å². The third kappa shape index (κ3) is 3.03. The maximum Gasteiger partial charge on any atom is 0.269 e. The molecule has 0 unspecified atom stereocenters. The van der Waals surface area contributed by atoms with Crippen molar-refractivity contribution in [3.05, 3.63) is 95.4 Å². The molecule has 3 heterocycles. The molecule has 0 amide bonds. The molecule has 0 aliphatic heterocycles. The summed E-state index contributed by atoms with van der Waals surface area (Å²) in [6.07, 6.45) is 5.13. The Morgan fingerprint density at radius 3 is 2.39 bits per heavy atom. The standard InChI is InChI=1S/C23H14N4O4S2/c28-27(29)17-9-6-15(7-10-17)20-14-26-22-19-13-25(33(30,31)18-4-2-1-3-5-18)12-16(19)8-11-21(22)32-23(26)24-20/h1-14H. The summed E-state index contributed by atoms with van der Waals surface area (Å²) >= 11 is 1.50. The quantitative estimate of drug-likeness (QED) is 0.254. The summed E-state index contributed by atoms with van der Waals surface area (Å²) in [7, 11) is -3.71. The van der Waals surface area contributed by atoms with Gasteiger partial charge < -0.3 is 0 Å². The van der Waals surface area contributed by atoms with Crippen molar-refractivity contribution in [2.45, 2.75) is 4.90 Å². The van der Waals surface area contributed by atoms with Crippen LogP contribution in [-0.4, -0.2) is 26.7 Å². The van der Waals surface area contributed by atoms with E-state index in [9.17, 15) is 18.5 Å². The fraction of sp³-hybridized carbons (Fsp3) is 0. The highest BCUT2D eigenvalue weighted by Crippen LogP contribution is 2.35. The van der Waals surface area contributed by atoms with Gasteiger partial charge in [0.1, 0.15) is 0 Å². The smallest absolute Gasteiger partial charge is 0.269 e. The largest absolute Gasteiger partial charge is 0.289 e. The molecule has 0 spiro atoms. The van der Waals surface area contributed by atoms with Crippen molar-refractivity contribution < 1.29 is 13.3 Å². The summed E-state index contributed by atoms with van der Waals surface area (Å²) in [6, 6.07) is 18.4. The van der Waals surface area contributed by atoms with E-state index in [0.29, 0.717) is 5.69 Å². The third-order valence-electron chi connectivity index (χ3n) is 5.54. The summed E-state index contributed by atoms with van der Waals surface area (Å²) in [5.74, 6) is 0. The van der Waals surface area contributed by atoms with Crippen molar-refractivity contribution in [2.75, 3.05) is 0 Å². The molecule has 33 heavy (non-hydrogen) atoms. The lowest BCUT2D eigenvalue weighted by Crippen LogP contribution is -2.10. The number of nitro benzene ring substituents is 1. The Kier molecular flexibility index (Phi) is 4.16. The van der Waals surface area contributed by atoms with Crippen LogP contribution in [0.15, 0.2) is 90.2 Å². The molecule has 0 fully saturated rings. The van der Waals surface area contributed by atoms with Crippen LogP contribution in [0.2, 0.25) is 0 Å². The van der Waals surface area contributed by atoms with E-state index < -0.39 is 14.9 Å². The van der Waals surface area contributed by atoms with E-state index in [1.807, 2.05) is 22.7 Å². The fourth-order valence-electron chi connectivity index (χ4n) is 3.92. The lowest BCUT2D eigenvalue weighted by molar-refractivity contribution is -0.384. The van der Waals surface area contributed by atoms with Gasteiger partial charge in [-0.3, -0.25) is 14.5 Å². The number of hydrogen-bond donors (Lipinski definition) is 0. The number of rotatable bonds is 4. The number of non-ortho nitro benzene ring substituents is 1. The molecule has 8 nitrogen and oxygen atoms in total. The van der Waals surface area contributed by atoms with E-state index in [2.05, 4.69) is 0 Å². The summed E-state index contributed by atoms with van der Waals surface area (Å²) in [4.78, 5) is 16.2. The van der Waals surface area contributed by atoms with Gasteiger partial charge in [0, 0.05) is 47.1 Å². The van der Waals surface area contributed by atoms with Crippen LogP contribution >= 0.6 is 11.3 Å². The van der Waals surface area contributed by atoms with Gasteiger partial charge in [-0.1, -0.05) is 35.6 Å². The molecular formula is C23H14N4O4S2. The Hall–Kier alpha value is -4.02. The molecule has 6 aromatic rings. The Morgan fingerprint density at radius 2 is 1.67 bits per heavy atom. The second-order valence-electron chi connectivity index (χ2n) is 7.51. The van der Waals surface area contributed by atoms with Gasteiger partial charge in [-0.2, -0.15) is 0 Å². The van der Waals surface area contributed by atoms with Crippen LogP contribution in [0.4, 0.5) is 5.69 Å². The van der Waals surface area contributed by atoms with E-state index >= 15 is 0 Å². The average Bonchev–Trinajstić information content (AvgIpc) is 3.52. The molecule has 0 atom stereocenters. The highest BCUT2D eigenvalue weighted by molar-refractivity contribution is 7.90. The minimum absolute atomic E-state index is 0.0212. The molecule has 10 heteroatoms. The van der Waals surface area contributed by atoms with Crippen molar-refractivity contribution in [2.24, 2.45) is 0 Å². The van der Waals surface area contributed by atoms with Crippen molar-refractivity contribution in [1.82, 2.24) is 13.4 Å². The summed E-state index contributed by atoms with van der Waals surface area (Å²) < 4.78 is 30.4. The second-order valence-corrected chi connectivity index (χ2v) is 10.4. The first-order valence-corrected chi connectivity index (χ1v) is 12.2. The molecule has 0 N–H and O–H groups in total. The first-order valence-electron chi connectivity index (χ1n) is 9.89. The fourth-order valence-corrected chi connectivity index (χ4v) is 6.19.